The van der Waals surface area contributed by atoms with Gasteiger partial charge in [0.1, 0.15) is 5.52 Å². The van der Waals surface area contributed by atoms with E-state index in [0.717, 1.165) is 32.6 Å². The number of aromatic nitrogens is 1. The van der Waals surface area contributed by atoms with Gasteiger partial charge < -0.3 is 8.98 Å². The molecule has 0 aliphatic carbocycles. The first-order valence-electron chi connectivity index (χ1n) is 9.43. The number of benzene rings is 4. The van der Waals surface area contributed by atoms with Crippen LogP contribution in [0.5, 0.6) is 0 Å². The Bertz CT molecular complexity index is 1230. The molecule has 0 unspecified atom stereocenters. The molecule has 0 spiro atoms. The number of nitrogens with zero attached hydrogens (tertiary/aromatic N) is 1. The number of para-hydroxylation sites is 2. The molecule has 4 aromatic carbocycles. The van der Waals surface area contributed by atoms with Crippen molar-refractivity contribution in [3.63, 3.8) is 0 Å². The summed E-state index contributed by atoms with van der Waals surface area (Å²) < 4.78 is 20.2. The summed E-state index contributed by atoms with van der Waals surface area (Å²) in [5, 5.41) is 2.43. The highest BCUT2D eigenvalue weighted by molar-refractivity contribution is 7.85. The van der Waals surface area contributed by atoms with Crippen molar-refractivity contribution in [1.82, 2.24) is 4.98 Å². The Balaban J connectivity index is 1.61. The molecular formula is C25H18NO2P. The van der Waals surface area contributed by atoms with Gasteiger partial charge >= 0.3 is 0 Å². The van der Waals surface area contributed by atoms with Crippen molar-refractivity contribution >= 4 is 34.2 Å². The smallest absolute Gasteiger partial charge is 0.227 e. The first-order chi connectivity index (χ1) is 14.2. The highest BCUT2D eigenvalue weighted by Crippen LogP contribution is 2.42. The number of rotatable bonds is 4. The van der Waals surface area contributed by atoms with Crippen LogP contribution >= 0.6 is 7.14 Å². The molecule has 0 saturated carbocycles. The van der Waals surface area contributed by atoms with E-state index >= 15 is 0 Å². The first kappa shape index (κ1) is 17.7. The second kappa shape index (κ2) is 7.20. The summed E-state index contributed by atoms with van der Waals surface area (Å²) in [6, 6.07) is 34.7. The predicted octanol–water partition coefficient (Wildman–Crippen LogP) is 5.13. The Morgan fingerprint density at radius 1 is 0.586 bits per heavy atom. The average Bonchev–Trinajstić information content (AvgIpc) is 3.24. The first-order valence-corrected chi connectivity index (χ1v) is 11.1. The van der Waals surface area contributed by atoms with E-state index in [1.165, 1.54) is 0 Å². The molecule has 0 amide bonds. The lowest BCUT2D eigenvalue weighted by atomic mass is 10.2. The molecule has 0 aliphatic heterocycles. The lowest BCUT2D eigenvalue weighted by Crippen LogP contribution is -2.24. The fraction of sp³-hybridized carbons (Fsp3) is 0. The lowest BCUT2D eigenvalue weighted by Gasteiger charge is -2.20. The summed E-state index contributed by atoms with van der Waals surface area (Å²) in [5.41, 5.74) is 2.44. The van der Waals surface area contributed by atoms with E-state index < -0.39 is 7.14 Å². The van der Waals surface area contributed by atoms with Gasteiger partial charge in [0.15, 0.2) is 12.7 Å². The van der Waals surface area contributed by atoms with Crippen molar-refractivity contribution in [3.8, 4) is 11.5 Å². The van der Waals surface area contributed by atoms with Crippen LogP contribution in [0.15, 0.2) is 114 Å². The Morgan fingerprint density at radius 2 is 1.10 bits per heavy atom. The molecular weight excluding hydrogens is 377 g/mol. The fourth-order valence-electron chi connectivity index (χ4n) is 3.53. The molecule has 0 N–H and O–H groups in total. The average molecular weight is 395 g/mol. The van der Waals surface area contributed by atoms with Crippen LogP contribution in [-0.2, 0) is 4.57 Å². The summed E-state index contributed by atoms with van der Waals surface area (Å²) in [4.78, 5) is 4.56. The molecule has 1 aromatic heterocycles. The molecule has 0 aliphatic rings. The van der Waals surface area contributed by atoms with Gasteiger partial charge in [0, 0.05) is 21.5 Å². The summed E-state index contributed by atoms with van der Waals surface area (Å²) in [6.45, 7) is 0. The van der Waals surface area contributed by atoms with Crippen molar-refractivity contribution in [3.05, 3.63) is 109 Å². The van der Waals surface area contributed by atoms with Gasteiger partial charge in [-0.3, -0.25) is 0 Å². The molecule has 0 atom stereocenters. The van der Waals surface area contributed by atoms with Gasteiger partial charge in [-0.05, 0) is 24.3 Å². The van der Waals surface area contributed by atoms with Crippen molar-refractivity contribution in [2.75, 3.05) is 0 Å². The zero-order chi connectivity index (χ0) is 19.7. The van der Waals surface area contributed by atoms with Crippen molar-refractivity contribution in [2.45, 2.75) is 0 Å². The maximum absolute atomic E-state index is 14.4. The number of fused-ring (bicyclic) bond motifs is 1. The van der Waals surface area contributed by atoms with Crippen LogP contribution in [0, 0.1) is 0 Å². The van der Waals surface area contributed by atoms with Gasteiger partial charge in [-0.15, -0.1) is 0 Å². The maximum Gasteiger partial charge on any atom is 0.227 e. The van der Waals surface area contributed by atoms with E-state index in [-0.39, 0.29) is 0 Å². The summed E-state index contributed by atoms with van der Waals surface area (Å²) in [6.07, 6.45) is 0. The summed E-state index contributed by atoms with van der Waals surface area (Å²) >= 11 is 0. The third-order valence-electron chi connectivity index (χ3n) is 5.01. The minimum atomic E-state index is -2.97. The Morgan fingerprint density at radius 3 is 1.69 bits per heavy atom. The van der Waals surface area contributed by atoms with Crippen LogP contribution in [0.2, 0.25) is 0 Å². The second-order valence-electron chi connectivity index (χ2n) is 6.81. The Labute approximate surface area is 169 Å². The summed E-state index contributed by atoms with van der Waals surface area (Å²) in [7, 11) is -2.97. The molecule has 5 rings (SSSR count). The van der Waals surface area contributed by atoms with Crippen molar-refractivity contribution in [1.29, 1.82) is 0 Å². The fourth-order valence-corrected chi connectivity index (χ4v) is 6.18. The third-order valence-corrected chi connectivity index (χ3v) is 8.09. The SMILES string of the molecule is O=P(c1ccccc1)(c1ccccc1)c1ccc(-c2nc3ccccc3o2)cc1. The predicted molar refractivity (Wildman–Crippen MR) is 119 cm³/mol. The van der Waals surface area contributed by atoms with Crippen LogP contribution in [0.3, 0.4) is 0 Å². The molecule has 0 radical (unpaired) electrons. The van der Waals surface area contributed by atoms with E-state index in [0.29, 0.717) is 5.89 Å². The van der Waals surface area contributed by atoms with E-state index in [2.05, 4.69) is 4.98 Å². The standard InChI is InChI=1S/C25H18NO2P/c27-29(20-9-3-1-4-10-20,21-11-5-2-6-12-21)22-17-15-19(16-18-22)25-26-23-13-7-8-14-24(23)28-25/h1-18H. The highest BCUT2D eigenvalue weighted by atomic mass is 31.2. The van der Waals surface area contributed by atoms with Gasteiger partial charge in [-0.2, -0.15) is 0 Å². The third kappa shape index (κ3) is 3.10. The quantitative estimate of drug-likeness (QED) is 0.396. The normalized spacial score (nSPS) is 11.6. The second-order valence-corrected chi connectivity index (χ2v) is 9.58. The number of hydrogen-bond acceptors (Lipinski definition) is 3. The molecule has 5 aromatic rings. The monoisotopic (exact) mass is 395 g/mol. The van der Waals surface area contributed by atoms with Gasteiger partial charge in [-0.25, -0.2) is 4.98 Å². The van der Waals surface area contributed by atoms with Gasteiger partial charge in [0.25, 0.3) is 0 Å². The van der Waals surface area contributed by atoms with Crippen LogP contribution < -0.4 is 15.9 Å². The van der Waals surface area contributed by atoms with Crippen LogP contribution in [0.1, 0.15) is 0 Å². The molecule has 0 saturated heterocycles. The van der Waals surface area contributed by atoms with Crippen LogP contribution in [0.4, 0.5) is 0 Å². The largest absolute Gasteiger partial charge is 0.436 e. The number of oxazole rings is 1. The molecule has 3 nitrogen and oxygen atoms in total. The van der Waals surface area contributed by atoms with Gasteiger partial charge in [0.05, 0.1) is 0 Å². The van der Waals surface area contributed by atoms with E-state index in [9.17, 15) is 4.57 Å². The maximum atomic E-state index is 14.4. The van der Waals surface area contributed by atoms with Crippen molar-refractivity contribution in [2.24, 2.45) is 0 Å². The topological polar surface area (TPSA) is 43.1 Å². The molecule has 1 heterocycles. The van der Waals surface area contributed by atoms with E-state index in [1.807, 2.05) is 109 Å². The van der Waals surface area contributed by atoms with E-state index in [1.54, 1.807) is 0 Å². The van der Waals surface area contributed by atoms with Crippen LogP contribution in [-0.4, -0.2) is 4.98 Å². The Hall–Kier alpha value is -3.42. The van der Waals surface area contributed by atoms with Crippen molar-refractivity contribution < 1.29 is 8.98 Å². The minimum absolute atomic E-state index is 0.562. The molecule has 0 bridgehead atoms. The minimum Gasteiger partial charge on any atom is -0.436 e. The van der Waals surface area contributed by atoms with Gasteiger partial charge in [0.2, 0.25) is 5.89 Å². The Kier molecular flexibility index (Phi) is 4.38. The highest BCUT2D eigenvalue weighted by Gasteiger charge is 2.29. The molecule has 29 heavy (non-hydrogen) atoms. The molecule has 140 valence electrons. The van der Waals surface area contributed by atoms with E-state index in [4.69, 9.17) is 4.42 Å². The van der Waals surface area contributed by atoms with Crippen LogP contribution in [0.25, 0.3) is 22.6 Å². The molecule has 0 fully saturated rings. The van der Waals surface area contributed by atoms with Gasteiger partial charge in [-0.1, -0.05) is 84.9 Å². The lowest BCUT2D eigenvalue weighted by molar-refractivity contribution is 0.592. The molecule has 4 heteroatoms. The zero-order valence-electron chi connectivity index (χ0n) is 15.6. The summed E-state index contributed by atoms with van der Waals surface area (Å²) in [5.74, 6) is 0.562. The zero-order valence-corrected chi connectivity index (χ0v) is 16.5. The number of hydrogen-bond donors (Lipinski definition) is 0.